The van der Waals surface area contributed by atoms with Crippen molar-refractivity contribution in [2.75, 3.05) is 11.9 Å². The van der Waals surface area contributed by atoms with E-state index in [2.05, 4.69) is 15.3 Å². The van der Waals surface area contributed by atoms with Crippen molar-refractivity contribution in [1.29, 1.82) is 0 Å². The van der Waals surface area contributed by atoms with Crippen molar-refractivity contribution >= 4 is 17.4 Å². The Kier molecular flexibility index (Phi) is 3.16. The highest BCUT2D eigenvalue weighted by atomic mass is 35.5. The van der Waals surface area contributed by atoms with E-state index in [-0.39, 0.29) is 6.10 Å². The second kappa shape index (κ2) is 4.67. The quantitative estimate of drug-likeness (QED) is 0.823. The summed E-state index contributed by atoms with van der Waals surface area (Å²) in [6.07, 6.45) is 4.02. The van der Waals surface area contributed by atoms with Crippen LogP contribution in [0.1, 0.15) is 43.0 Å². The fourth-order valence-corrected chi connectivity index (χ4v) is 2.49. The highest BCUT2D eigenvalue weighted by molar-refractivity contribution is 6.30. The second-order valence-electron chi connectivity index (χ2n) is 5.49. The lowest BCUT2D eigenvalue weighted by Crippen LogP contribution is -2.33. The fraction of sp³-hybridized carbons (Fsp3) is 0.692. The average Bonchev–Trinajstić information content (AvgIpc) is 3.11. The number of hydrogen-bond acceptors (Lipinski definition) is 4. The number of anilines is 1. The molecule has 2 fully saturated rings. The van der Waals surface area contributed by atoms with Crippen LogP contribution in [0.25, 0.3) is 0 Å². The topological polar surface area (TPSA) is 58.0 Å². The summed E-state index contributed by atoms with van der Waals surface area (Å²) in [5.41, 5.74) is 0.918. The van der Waals surface area contributed by atoms with Crippen molar-refractivity contribution in [2.24, 2.45) is 5.92 Å². The molecule has 2 N–H and O–H groups in total. The van der Waals surface area contributed by atoms with Crippen LogP contribution in [0, 0.1) is 12.8 Å². The van der Waals surface area contributed by atoms with E-state index in [9.17, 15) is 5.11 Å². The van der Waals surface area contributed by atoms with Crippen LogP contribution in [0.5, 0.6) is 0 Å². The van der Waals surface area contributed by atoms with Crippen molar-refractivity contribution in [3.8, 4) is 0 Å². The van der Waals surface area contributed by atoms with Gasteiger partial charge in [-0.25, -0.2) is 9.97 Å². The minimum absolute atomic E-state index is 0.103. The Balaban J connectivity index is 1.69. The summed E-state index contributed by atoms with van der Waals surface area (Å²) in [4.78, 5) is 8.92. The van der Waals surface area contributed by atoms with E-state index in [4.69, 9.17) is 11.6 Å². The molecule has 1 aromatic heterocycles. The first-order valence-electron chi connectivity index (χ1n) is 6.59. The van der Waals surface area contributed by atoms with Crippen molar-refractivity contribution in [2.45, 2.75) is 44.6 Å². The number of halogens is 1. The van der Waals surface area contributed by atoms with Gasteiger partial charge in [0.15, 0.2) is 0 Å². The molecule has 4 nitrogen and oxygen atoms in total. The van der Waals surface area contributed by atoms with Gasteiger partial charge in [-0.3, -0.25) is 0 Å². The largest absolute Gasteiger partial charge is 0.393 e. The molecular weight excluding hydrogens is 250 g/mol. The van der Waals surface area contributed by atoms with Gasteiger partial charge in [-0.05, 0) is 38.5 Å². The smallest absolute Gasteiger partial charge is 0.137 e. The maximum absolute atomic E-state index is 9.26. The molecule has 18 heavy (non-hydrogen) atoms. The van der Waals surface area contributed by atoms with Crippen molar-refractivity contribution in [3.63, 3.8) is 0 Å². The zero-order valence-electron chi connectivity index (χ0n) is 10.5. The lowest BCUT2D eigenvalue weighted by atomic mass is 9.82. The molecule has 2 saturated carbocycles. The molecule has 0 spiro atoms. The first-order valence-corrected chi connectivity index (χ1v) is 6.97. The molecule has 1 aromatic rings. The third-order valence-corrected chi connectivity index (χ3v) is 4.18. The van der Waals surface area contributed by atoms with Gasteiger partial charge in [-0.1, -0.05) is 11.6 Å². The van der Waals surface area contributed by atoms with E-state index in [1.807, 2.05) is 6.92 Å². The van der Waals surface area contributed by atoms with Crippen LogP contribution in [0.3, 0.4) is 0 Å². The van der Waals surface area contributed by atoms with Gasteiger partial charge < -0.3 is 10.4 Å². The predicted molar refractivity (Wildman–Crippen MR) is 71.0 cm³/mol. The van der Waals surface area contributed by atoms with Crippen LogP contribution < -0.4 is 5.32 Å². The van der Waals surface area contributed by atoms with Gasteiger partial charge in [-0.15, -0.1) is 0 Å². The summed E-state index contributed by atoms with van der Waals surface area (Å²) >= 11 is 6.15. The molecule has 2 aliphatic carbocycles. The third kappa shape index (κ3) is 2.45. The van der Waals surface area contributed by atoms with Crippen molar-refractivity contribution in [3.05, 3.63) is 16.5 Å². The summed E-state index contributed by atoms with van der Waals surface area (Å²) in [7, 11) is 0. The van der Waals surface area contributed by atoms with Crippen molar-refractivity contribution in [1.82, 2.24) is 9.97 Å². The van der Waals surface area contributed by atoms with Gasteiger partial charge >= 0.3 is 0 Å². The zero-order chi connectivity index (χ0) is 12.7. The normalized spacial score (nSPS) is 26.8. The Hall–Kier alpha value is -0.870. The Morgan fingerprint density at radius 3 is 2.67 bits per heavy atom. The molecule has 1 heterocycles. The number of rotatable bonds is 4. The SMILES string of the molecule is Cc1c(Cl)nc(C2CC2)nc1NCC1CC(O)C1. The van der Waals surface area contributed by atoms with E-state index in [0.717, 1.165) is 36.6 Å². The monoisotopic (exact) mass is 267 g/mol. The van der Waals surface area contributed by atoms with Crippen LogP contribution in [-0.2, 0) is 0 Å². The number of hydrogen-bond donors (Lipinski definition) is 2. The first kappa shape index (κ1) is 12.2. The average molecular weight is 268 g/mol. The van der Waals surface area contributed by atoms with Crippen LogP contribution in [0.15, 0.2) is 0 Å². The molecule has 0 atom stereocenters. The molecule has 0 amide bonds. The molecule has 0 unspecified atom stereocenters. The highest BCUT2D eigenvalue weighted by Gasteiger charge is 2.29. The lowest BCUT2D eigenvalue weighted by Gasteiger charge is -2.31. The van der Waals surface area contributed by atoms with Crippen LogP contribution >= 0.6 is 11.6 Å². The van der Waals surface area contributed by atoms with E-state index in [0.29, 0.717) is 17.0 Å². The van der Waals surface area contributed by atoms with E-state index in [1.54, 1.807) is 0 Å². The predicted octanol–water partition coefficient (Wildman–Crippen LogP) is 2.50. The molecule has 0 aliphatic heterocycles. The first-order chi connectivity index (χ1) is 8.63. The standard InChI is InChI=1S/C13H18ClN3O/c1-7-11(14)16-13(9-2-3-9)17-12(7)15-6-8-4-10(18)5-8/h8-10,18H,2-6H2,1H3,(H,15,16,17). The Bertz CT molecular complexity index is 456. The second-order valence-corrected chi connectivity index (χ2v) is 5.85. The summed E-state index contributed by atoms with van der Waals surface area (Å²) in [5.74, 6) is 2.80. The highest BCUT2D eigenvalue weighted by Crippen LogP contribution is 2.39. The molecule has 0 radical (unpaired) electrons. The van der Waals surface area contributed by atoms with Gasteiger partial charge in [-0.2, -0.15) is 0 Å². The summed E-state index contributed by atoms with van der Waals surface area (Å²) in [6.45, 7) is 2.80. The van der Waals surface area contributed by atoms with Gasteiger partial charge in [0.1, 0.15) is 16.8 Å². The summed E-state index contributed by atoms with van der Waals surface area (Å²) < 4.78 is 0. The molecule has 98 valence electrons. The molecule has 3 rings (SSSR count). The molecule has 0 bridgehead atoms. The fourth-order valence-electron chi connectivity index (χ4n) is 2.31. The molecule has 0 saturated heterocycles. The van der Waals surface area contributed by atoms with Crippen molar-refractivity contribution < 1.29 is 5.11 Å². The number of nitrogens with zero attached hydrogens (tertiary/aromatic N) is 2. The third-order valence-electron chi connectivity index (χ3n) is 3.82. The Morgan fingerprint density at radius 1 is 1.33 bits per heavy atom. The Morgan fingerprint density at radius 2 is 2.06 bits per heavy atom. The molecule has 5 heteroatoms. The lowest BCUT2D eigenvalue weighted by molar-refractivity contribution is 0.0486. The summed E-state index contributed by atoms with van der Waals surface area (Å²) in [6, 6.07) is 0. The Labute approximate surface area is 112 Å². The summed E-state index contributed by atoms with van der Waals surface area (Å²) in [5, 5.41) is 13.2. The minimum Gasteiger partial charge on any atom is -0.393 e. The van der Waals surface area contributed by atoms with E-state index in [1.165, 1.54) is 12.8 Å². The van der Waals surface area contributed by atoms with Gasteiger partial charge in [0.05, 0.1) is 6.10 Å². The number of aromatic nitrogens is 2. The van der Waals surface area contributed by atoms with E-state index >= 15 is 0 Å². The van der Waals surface area contributed by atoms with Gasteiger partial charge in [0.25, 0.3) is 0 Å². The van der Waals surface area contributed by atoms with Crippen LogP contribution in [0.4, 0.5) is 5.82 Å². The number of aliphatic hydroxyl groups is 1. The van der Waals surface area contributed by atoms with Gasteiger partial charge in [0, 0.05) is 18.0 Å². The maximum atomic E-state index is 9.26. The maximum Gasteiger partial charge on any atom is 0.137 e. The van der Waals surface area contributed by atoms with Crippen LogP contribution in [-0.4, -0.2) is 27.7 Å². The molecule has 2 aliphatic rings. The molecular formula is C13H18ClN3O. The van der Waals surface area contributed by atoms with E-state index < -0.39 is 0 Å². The number of nitrogens with one attached hydrogen (secondary N) is 1. The zero-order valence-corrected chi connectivity index (χ0v) is 11.2. The molecule has 0 aromatic carbocycles. The number of aliphatic hydroxyl groups excluding tert-OH is 1. The van der Waals surface area contributed by atoms with Gasteiger partial charge in [0.2, 0.25) is 0 Å². The minimum atomic E-state index is -0.103. The van der Waals surface area contributed by atoms with Crippen LogP contribution in [0.2, 0.25) is 5.15 Å².